The highest BCUT2D eigenvalue weighted by Gasteiger charge is 2.05. The van der Waals surface area contributed by atoms with Crippen LogP contribution in [-0.4, -0.2) is 11.1 Å². The Morgan fingerprint density at radius 3 is 2.80 bits per heavy atom. The van der Waals surface area contributed by atoms with E-state index in [0.717, 1.165) is 18.4 Å². The molecule has 0 saturated heterocycles. The van der Waals surface area contributed by atoms with Crippen LogP contribution in [0.4, 0.5) is 0 Å². The van der Waals surface area contributed by atoms with Gasteiger partial charge in [0.25, 0.3) is 0 Å². The molecule has 2 N–H and O–H groups in total. The van der Waals surface area contributed by atoms with Gasteiger partial charge in [-0.2, -0.15) is 0 Å². The summed E-state index contributed by atoms with van der Waals surface area (Å²) in [7, 11) is 0. The lowest BCUT2D eigenvalue weighted by Crippen LogP contribution is -2.27. The topological polar surface area (TPSA) is 32.3 Å². The van der Waals surface area contributed by atoms with E-state index in [1.165, 1.54) is 0 Å². The van der Waals surface area contributed by atoms with E-state index in [0.29, 0.717) is 18.3 Å². The van der Waals surface area contributed by atoms with Gasteiger partial charge in [0.05, 0.1) is 0 Å². The van der Waals surface area contributed by atoms with Gasteiger partial charge < -0.3 is 10.4 Å². The van der Waals surface area contributed by atoms with Gasteiger partial charge >= 0.3 is 0 Å². The maximum absolute atomic E-state index is 9.55. The molecule has 0 saturated carbocycles. The van der Waals surface area contributed by atoms with Crippen molar-refractivity contribution < 1.29 is 5.11 Å². The van der Waals surface area contributed by atoms with Gasteiger partial charge in [0.2, 0.25) is 0 Å². The molecule has 0 amide bonds. The molecule has 0 bridgehead atoms. The Labute approximate surface area is 91.3 Å². The fourth-order valence-corrected chi connectivity index (χ4v) is 1.42. The summed E-state index contributed by atoms with van der Waals surface area (Å²) in [5.41, 5.74) is 0.910. The van der Waals surface area contributed by atoms with Gasteiger partial charge in [-0.05, 0) is 12.5 Å². The predicted molar refractivity (Wildman–Crippen MR) is 62.5 cm³/mol. The molecule has 2 heteroatoms. The predicted octanol–water partition coefficient (Wildman–Crippen LogP) is 2.28. The first-order valence-electron chi connectivity index (χ1n) is 5.21. The Bertz CT molecular complexity index is 341. The summed E-state index contributed by atoms with van der Waals surface area (Å²) in [5, 5.41) is 12.9. The van der Waals surface area contributed by atoms with Gasteiger partial charge in [0, 0.05) is 24.6 Å². The minimum atomic E-state index is 0.328. The van der Waals surface area contributed by atoms with Gasteiger partial charge in [-0.3, -0.25) is 0 Å². The number of para-hydroxylation sites is 1. The molecule has 15 heavy (non-hydrogen) atoms. The van der Waals surface area contributed by atoms with E-state index >= 15 is 0 Å². The number of hydrogen-bond acceptors (Lipinski definition) is 2. The van der Waals surface area contributed by atoms with Crippen LogP contribution in [0.25, 0.3) is 0 Å². The lowest BCUT2D eigenvalue weighted by Gasteiger charge is -2.14. The molecule has 0 aliphatic carbocycles. The van der Waals surface area contributed by atoms with Crippen molar-refractivity contribution in [3.63, 3.8) is 0 Å². The fourth-order valence-electron chi connectivity index (χ4n) is 1.42. The van der Waals surface area contributed by atoms with Crippen molar-refractivity contribution in [1.29, 1.82) is 0 Å². The first kappa shape index (κ1) is 11.6. The number of aromatic hydroxyl groups is 1. The first-order valence-corrected chi connectivity index (χ1v) is 5.21. The monoisotopic (exact) mass is 203 g/mol. The molecule has 0 radical (unpaired) electrons. The Hall–Kier alpha value is -1.46. The summed E-state index contributed by atoms with van der Waals surface area (Å²) < 4.78 is 0. The fraction of sp³-hybridized carbons (Fsp3) is 0.385. The Morgan fingerprint density at radius 2 is 2.20 bits per heavy atom. The second kappa shape index (κ2) is 6.10. The van der Waals surface area contributed by atoms with E-state index in [9.17, 15) is 5.11 Å². The van der Waals surface area contributed by atoms with Crippen molar-refractivity contribution in [1.82, 2.24) is 5.32 Å². The molecule has 1 aromatic carbocycles. The van der Waals surface area contributed by atoms with E-state index in [-0.39, 0.29) is 0 Å². The number of phenolic OH excluding ortho intramolecular Hbond substituents is 1. The third kappa shape index (κ3) is 3.65. The summed E-state index contributed by atoms with van der Waals surface area (Å²) in [4.78, 5) is 0. The van der Waals surface area contributed by atoms with Gasteiger partial charge in [0.1, 0.15) is 5.75 Å². The van der Waals surface area contributed by atoms with Crippen LogP contribution in [0, 0.1) is 12.3 Å². The van der Waals surface area contributed by atoms with Crippen LogP contribution in [-0.2, 0) is 6.54 Å². The summed E-state index contributed by atoms with van der Waals surface area (Å²) in [6, 6.07) is 7.66. The van der Waals surface area contributed by atoms with Crippen LogP contribution in [0.1, 0.15) is 25.3 Å². The summed E-state index contributed by atoms with van der Waals surface area (Å²) in [6.45, 7) is 2.76. The van der Waals surface area contributed by atoms with Crippen molar-refractivity contribution in [3.8, 4) is 18.1 Å². The molecule has 1 rings (SSSR count). The van der Waals surface area contributed by atoms with E-state index in [1.54, 1.807) is 6.07 Å². The first-order chi connectivity index (χ1) is 7.27. The molecule has 0 aliphatic heterocycles. The molecule has 0 aliphatic rings. The van der Waals surface area contributed by atoms with Crippen molar-refractivity contribution in [2.75, 3.05) is 0 Å². The van der Waals surface area contributed by atoms with Gasteiger partial charge in [-0.1, -0.05) is 25.1 Å². The normalized spacial score (nSPS) is 12.0. The SMILES string of the molecule is C#CCC(CC)NCc1ccccc1O. The van der Waals surface area contributed by atoms with Crippen LogP contribution in [0.3, 0.4) is 0 Å². The number of phenols is 1. The average Bonchev–Trinajstić information content (AvgIpc) is 2.26. The van der Waals surface area contributed by atoms with Crippen molar-refractivity contribution in [3.05, 3.63) is 29.8 Å². The smallest absolute Gasteiger partial charge is 0.120 e. The summed E-state index contributed by atoms with van der Waals surface area (Å²) in [6.07, 6.45) is 6.99. The highest BCUT2D eigenvalue weighted by molar-refractivity contribution is 5.31. The molecule has 1 atom stereocenters. The zero-order valence-corrected chi connectivity index (χ0v) is 9.03. The highest BCUT2D eigenvalue weighted by atomic mass is 16.3. The van der Waals surface area contributed by atoms with Gasteiger partial charge in [0.15, 0.2) is 0 Å². The Morgan fingerprint density at radius 1 is 1.47 bits per heavy atom. The van der Waals surface area contributed by atoms with Crippen LogP contribution in [0.15, 0.2) is 24.3 Å². The minimum Gasteiger partial charge on any atom is -0.508 e. The van der Waals surface area contributed by atoms with E-state index < -0.39 is 0 Å². The second-order valence-corrected chi connectivity index (χ2v) is 3.52. The largest absolute Gasteiger partial charge is 0.508 e. The van der Waals surface area contributed by atoms with E-state index in [2.05, 4.69) is 18.2 Å². The average molecular weight is 203 g/mol. The molecular weight excluding hydrogens is 186 g/mol. The van der Waals surface area contributed by atoms with E-state index in [4.69, 9.17) is 6.42 Å². The lowest BCUT2D eigenvalue weighted by atomic mass is 10.1. The number of benzene rings is 1. The van der Waals surface area contributed by atoms with Gasteiger partial charge in [-0.25, -0.2) is 0 Å². The lowest BCUT2D eigenvalue weighted by molar-refractivity contribution is 0.453. The van der Waals surface area contributed by atoms with Crippen LogP contribution >= 0.6 is 0 Å². The maximum atomic E-state index is 9.55. The zero-order chi connectivity index (χ0) is 11.1. The molecule has 1 aromatic rings. The number of rotatable bonds is 5. The van der Waals surface area contributed by atoms with Crippen LogP contribution in [0.5, 0.6) is 5.75 Å². The Kier molecular flexibility index (Phi) is 4.73. The molecule has 0 heterocycles. The molecule has 0 fully saturated rings. The number of hydrogen-bond donors (Lipinski definition) is 2. The molecule has 0 spiro atoms. The minimum absolute atomic E-state index is 0.328. The van der Waals surface area contributed by atoms with Crippen molar-refractivity contribution >= 4 is 0 Å². The van der Waals surface area contributed by atoms with Gasteiger partial charge in [-0.15, -0.1) is 12.3 Å². The van der Waals surface area contributed by atoms with Crippen molar-refractivity contribution in [2.24, 2.45) is 0 Å². The van der Waals surface area contributed by atoms with Crippen LogP contribution in [0.2, 0.25) is 0 Å². The number of terminal acetylenes is 1. The molecule has 0 aromatic heterocycles. The third-order valence-electron chi connectivity index (χ3n) is 2.43. The maximum Gasteiger partial charge on any atom is 0.120 e. The summed E-state index contributed by atoms with van der Waals surface area (Å²) in [5.74, 6) is 2.98. The molecule has 80 valence electrons. The standard InChI is InChI=1S/C13H17NO/c1-3-7-12(4-2)14-10-11-8-5-6-9-13(11)15/h1,5-6,8-9,12,14-15H,4,7,10H2,2H3. The summed E-state index contributed by atoms with van der Waals surface area (Å²) >= 11 is 0. The quantitative estimate of drug-likeness (QED) is 0.720. The van der Waals surface area contributed by atoms with Crippen molar-refractivity contribution in [2.45, 2.75) is 32.4 Å². The third-order valence-corrected chi connectivity index (χ3v) is 2.43. The molecule has 2 nitrogen and oxygen atoms in total. The molecule has 1 unspecified atom stereocenters. The molecular formula is C13H17NO. The van der Waals surface area contributed by atoms with E-state index in [1.807, 2.05) is 18.2 Å². The zero-order valence-electron chi connectivity index (χ0n) is 9.03. The highest BCUT2D eigenvalue weighted by Crippen LogP contribution is 2.15. The van der Waals surface area contributed by atoms with Crippen LogP contribution < -0.4 is 5.32 Å². The second-order valence-electron chi connectivity index (χ2n) is 3.52. The number of nitrogens with one attached hydrogen (secondary N) is 1. The Balaban J connectivity index is 2.49.